The van der Waals surface area contributed by atoms with Gasteiger partial charge in [0.25, 0.3) is 9.70 Å². The molecular formula is C22H23Cl3FN3O2. The van der Waals surface area contributed by atoms with Crippen LogP contribution in [0.3, 0.4) is 0 Å². The molecule has 1 aromatic heterocycles. The lowest BCUT2D eigenvalue weighted by atomic mass is 9.71. The van der Waals surface area contributed by atoms with Crippen molar-refractivity contribution in [2.75, 3.05) is 20.6 Å². The van der Waals surface area contributed by atoms with Crippen LogP contribution in [0, 0.1) is 5.82 Å². The van der Waals surface area contributed by atoms with Crippen molar-refractivity contribution in [1.29, 1.82) is 0 Å². The molecule has 4 rings (SSSR count). The van der Waals surface area contributed by atoms with Crippen LogP contribution in [-0.4, -0.2) is 50.5 Å². The molecule has 1 fully saturated rings. The highest BCUT2D eigenvalue weighted by Crippen LogP contribution is 2.50. The van der Waals surface area contributed by atoms with Gasteiger partial charge in [-0.2, -0.15) is 0 Å². The molecule has 0 bridgehead atoms. The number of rotatable bonds is 4. The second-order valence-corrected chi connectivity index (χ2v) is 10.7. The van der Waals surface area contributed by atoms with Gasteiger partial charge in [0.15, 0.2) is 0 Å². The van der Waals surface area contributed by atoms with Gasteiger partial charge < -0.3 is 9.47 Å². The first-order chi connectivity index (χ1) is 14.5. The van der Waals surface area contributed by atoms with E-state index in [2.05, 4.69) is 4.90 Å². The van der Waals surface area contributed by atoms with Gasteiger partial charge in [-0.3, -0.25) is 14.5 Å². The molecule has 9 heteroatoms. The van der Waals surface area contributed by atoms with E-state index in [0.29, 0.717) is 36.5 Å². The number of benzene rings is 1. The van der Waals surface area contributed by atoms with Crippen molar-refractivity contribution in [3.8, 4) is 0 Å². The van der Waals surface area contributed by atoms with Gasteiger partial charge in [0.2, 0.25) is 5.78 Å². The smallest absolute Gasteiger partial charge is 0.255 e. The number of Topliss-reactive ketones (excluding diaryl/α,β-unsaturated/α-hetero) is 1. The zero-order chi connectivity index (χ0) is 22.6. The van der Waals surface area contributed by atoms with Crippen molar-refractivity contribution in [2.45, 2.75) is 41.7 Å². The van der Waals surface area contributed by atoms with Crippen molar-refractivity contribution in [1.82, 2.24) is 14.4 Å². The molecular weight excluding hydrogens is 464 g/mol. The van der Waals surface area contributed by atoms with Gasteiger partial charge >= 0.3 is 0 Å². The van der Waals surface area contributed by atoms with Crippen LogP contribution in [-0.2, 0) is 18.6 Å². The average Bonchev–Trinajstić information content (AvgIpc) is 3.10. The van der Waals surface area contributed by atoms with Gasteiger partial charge in [0.05, 0.1) is 11.2 Å². The Bertz CT molecular complexity index is 1040. The van der Waals surface area contributed by atoms with Crippen LogP contribution in [0.15, 0.2) is 30.3 Å². The number of amides is 1. The van der Waals surface area contributed by atoms with E-state index in [-0.39, 0.29) is 11.4 Å². The number of fused-ring (bicyclic) bond motifs is 2. The van der Waals surface area contributed by atoms with E-state index < -0.39 is 15.4 Å². The summed E-state index contributed by atoms with van der Waals surface area (Å²) in [6, 6.07) is 8.29. The molecule has 2 heterocycles. The number of halogens is 4. The first-order valence-electron chi connectivity index (χ1n) is 10.1. The van der Waals surface area contributed by atoms with E-state index in [0.717, 1.165) is 25.0 Å². The largest absolute Gasteiger partial charge is 0.345 e. The molecule has 5 nitrogen and oxygen atoms in total. The van der Waals surface area contributed by atoms with E-state index in [1.807, 2.05) is 10.6 Å². The quantitative estimate of drug-likeness (QED) is 0.462. The van der Waals surface area contributed by atoms with Crippen molar-refractivity contribution >= 4 is 46.5 Å². The van der Waals surface area contributed by atoms with Crippen molar-refractivity contribution < 1.29 is 14.0 Å². The van der Waals surface area contributed by atoms with Crippen molar-refractivity contribution in [3.63, 3.8) is 0 Å². The van der Waals surface area contributed by atoms with Gasteiger partial charge in [-0.25, -0.2) is 4.39 Å². The molecule has 1 aromatic carbocycles. The van der Waals surface area contributed by atoms with E-state index in [1.54, 1.807) is 32.3 Å². The summed E-state index contributed by atoms with van der Waals surface area (Å²) < 4.78 is 14.8. The molecule has 0 saturated heterocycles. The SMILES string of the molecule is CN(C)C(=O)c1ccc(CN2CCn3c(C(=O)C(Cl)(Cl)Cl)ccc3C23CCC3)c(F)c1. The Balaban J connectivity index is 1.62. The molecule has 2 aromatic rings. The van der Waals surface area contributed by atoms with Gasteiger partial charge in [0, 0.05) is 50.6 Å². The zero-order valence-corrected chi connectivity index (χ0v) is 19.6. The Morgan fingerprint density at radius 2 is 1.84 bits per heavy atom. The maximum atomic E-state index is 14.8. The number of ketones is 1. The van der Waals surface area contributed by atoms with Crippen LogP contribution in [0.1, 0.15) is 51.4 Å². The fourth-order valence-electron chi connectivity index (χ4n) is 4.64. The van der Waals surface area contributed by atoms with E-state index >= 15 is 0 Å². The molecule has 1 aliphatic carbocycles. The fraction of sp³-hybridized carbons (Fsp3) is 0.455. The lowest BCUT2D eigenvalue weighted by Crippen LogP contribution is -2.56. The van der Waals surface area contributed by atoms with E-state index in [4.69, 9.17) is 34.8 Å². The lowest BCUT2D eigenvalue weighted by molar-refractivity contribution is -0.0222. The van der Waals surface area contributed by atoms with E-state index in [9.17, 15) is 14.0 Å². The summed E-state index contributed by atoms with van der Waals surface area (Å²) in [5.41, 5.74) is 1.99. The number of carbonyl (C=O) groups excluding carboxylic acids is 2. The first-order valence-corrected chi connectivity index (χ1v) is 11.2. The van der Waals surface area contributed by atoms with Crippen LogP contribution < -0.4 is 0 Å². The second kappa shape index (κ2) is 8.07. The Kier molecular flexibility index (Phi) is 5.88. The average molecular weight is 487 g/mol. The monoisotopic (exact) mass is 485 g/mol. The van der Waals surface area contributed by atoms with Crippen LogP contribution in [0.25, 0.3) is 0 Å². The Morgan fingerprint density at radius 1 is 1.13 bits per heavy atom. The number of hydrogen-bond acceptors (Lipinski definition) is 3. The van der Waals surface area contributed by atoms with Gasteiger partial charge in [-0.15, -0.1) is 0 Å². The summed E-state index contributed by atoms with van der Waals surface area (Å²) in [5, 5.41) is 0. The van der Waals surface area contributed by atoms with Crippen LogP contribution in [0.5, 0.6) is 0 Å². The molecule has 166 valence electrons. The van der Waals surface area contributed by atoms with Crippen molar-refractivity contribution in [2.24, 2.45) is 0 Å². The second-order valence-electron chi connectivity index (χ2n) is 8.39. The minimum absolute atomic E-state index is 0.233. The maximum Gasteiger partial charge on any atom is 0.255 e. The highest BCUT2D eigenvalue weighted by Gasteiger charge is 2.49. The lowest BCUT2D eigenvalue weighted by Gasteiger charge is -2.53. The molecule has 0 atom stereocenters. The van der Waals surface area contributed by atoms with Gasteiger partial charge in [-0.1, -0.05) is 40.9 Å². The van der Waals surface area contributed by atoms with Gasteiger partial charge in [-0.05, 0) is 43.5 Å². The van der Waals surface area contributed by atoms with Crippen LogP contribution in [0.2, 0.25) is 0 Å². The van der Waals surface area contributed by atoms with Crippen LogP contribution in [0.4, 0.5) is 4.39 Å². The summed E-state index contributed by atoms with van der Waals surface area (Å²) in [6.07, 6.45) is 2.88. The molecule has 2 aliphatic rings. The zero-order valence-electron chi connectivity index (χ0n) is 17.3. The molecule has 0 radical (unpaired) electrons. The first kappa shape index (κ1) is 22.6. The summed E-state index contributed by atoms with van der Waals surface area (Å²) in [5.74, 6) is -1.17. The van der Waals surface area contributed by atoms with Crippen molar-refractivity contribution in [3.05, 3.63) is 58.7 Å². The minimum atomic E-state index is -2.01. The summed E-state index contributed by atoms with van der Waals surface area (Å²) in [7, 11) is 3.28. The molecule has 1 spiro atoms. The molecule has 1 saturated carbocycles. The Hall–Kier alpha value is -1.60. The summed E-state index contributed by atoms with van der Waals surface area (Å²) >= 11 is 17.5. The standard InChI is InChI=1S/C22H23Cl3FN3O2/c1-27(2)20(31)14-4-5-15(16(26)12-14)13-28-10-11-29-17(19(30)22(23,24)25)6-7-18(29)21(28)8-3-9-21/h4-7,12H,3,8-11,13H2,1-2H3. The minimum Gasteiger partial charge on any atom is -0.345 e. The summed E-state index contributed by atoms with van der Waals surface area (Å²) in [4.78, 5) is 28.4. The summed E-state index contributed by atoms with van der Waals surface area (Å²) in [6.45, 7) is 1.60. The molecule has 0 N–H and O–H groups in total. The maximum absolute atomic E-state index is 14.8. The number of hydrogen-bond donors (Lipinski definition) is 0. The fourth-order valence-corrected chi connectivity index (χ4v) is 4.93. The van der Waals surface area contributed by atoms with E-state index in [1.165, 1.54) is 11.0 Å². The predicted octanol–water partition coefficient (Wildman–Crippen LogP) is 4.78. The topological polar surface area (TPSA) is 45.6 Å². The molecule has 1 amide bonds. The Morgan fingerprint density at radius 3 is 2.39 bits per heavy atom. The third kappa shape index (κ3) is 3.88. The predicted molar refractivity (Wildman–Crippen MR) is 119 cm³/mol. The molecule has 1 aliphatic heterocycles. The highest BCUT2D eigenvalue weighted by atomic mass is 35.6. The number of carbonyl (C=O) groups is 2. The normalized spacial score (nSPS) is 17.9. The van der Waals surface area contributed by atoms with Crippen LogP contribution >= 0.6 is 34.8 Å². The Labute approximate surface area is 195 Å². The van der Waals surface area contributed by atoms with Gasteiger partial charge in [0.1, 0.15) is 5.82 Å². The third-order valence-electron chi connectivity index (χ3n) is 6.39. The highest BCUT2D eigenvalue weighted by molar-refractivity contribution is 6.77. The molecule has 31 heavy (non-hydrogen) atoms. The molecule has 0 unspecified atom stereocenters. The number of aromatic nitrogens is 1. The number of alkyl halides is 3. The number of nitrogens with zero attached hydrogens (tertiary/aromatic N) is 3. The third-order valence-corrected chi connectivity index (χ3v) is 6.91.